The largest absolute Gasteiger partial charge is 0.443 e. The molecule has 0 radical (unpaired) electrons. The van der Waals surface area contributed by atoms with E-state index >= 15 is 0 Å². The molecule has 1 N–H and O–H groups in total. The number of benzene rings is 2. The van der Waals surface area contributed by atoms with Crippen LogP contribution in [0.3, 0.4) is 0 Å². The SMILES string of the molecule is CC(C)(C)OC(=O)N1CCN=C1c1ccc(CCNCC(=O)C2CCCN(S(=O)(=O)c3cccc(Cl)c3Cl)C2)cc1. The highest BCUT2D eigenvalue weighted by molar-refractivity contribution is 7.89. The quantitative estimate of drug-likeness (QED) is 0.403. The summed E-state index contributed by atoms with van der Waals surface area (Å²) in [5, 5.41) is 3.36. The first-order valence-electron chi connectivity index (χ1n) is 13.7. The molecule has 41 heavy (non-hydrogen) atoms. The average Bonchev–Trinajstić information content (AvgIpc) is 3.42. The highest BCUT2D eigenvalue weighted by atomic mass is 35.5. The molecule has 1 unspecified atom stereocenters. The minimum absolute atomic E-state index is 0.00564. The van der Waals surface area contributed by atoms with Gasteiger partial charge in [-0.15, -0.1) is 0 Å². The van der Waals surface area contributed by atoms with E-state index in [0.717, 1.165) is 11.1 Å². The Morgan fingerprint density at radius 1 is 1.10 bits per heavy atom. The minimum Gasteiger partial charge on any atom is -0.443 e. The maximum Gasteiger partial charge on any atom is 0.416 e. The number of aliphatic imine (C=N–C) groups is 1. The Morgan fingerprint density at radius 3 is 2.54 bits per heavy atom. The van der Waals surface area contributed by atoms with Gasteiger partial charge in [0.25, 0.3) is 0 Å². The predicted octanol–water partition coefficient (Wildman–Crippen LogP) is 4.79. The molecule has 222 valence electrons. The van der Waals surface area contributed by atoms with Gasteiger partial charge in [-0.3, -0.25) is 14.7 Å². The van der Waals surface area contributed by atoms with E-state index in [1.54, 1.807) is 11.0 Å². The Bertz CT molecular complexity index is 1410. The van der Waals surface area contributed by atoms with Crippen LogP contribution in [0.4, 0.5) is 4.79 Å². The lowest BCUT2D eigenvalue weighted by atomic mass is 9.95. The first kappa shape index (κ1) is 31.4. The van der Waals surface area contributed by atoms with Crippen molar-refractivity contribution in [3.8, 4) is 0 Å². The lowest BCUT2D eigenvalue weighted by molar-refractivity contribution is -0.123. The second-order valence-corrected chi connectivity index (χ2v) is 13.9. The summed E-state index contributed by atoms with van der Waals surface area (Å²) < 4.78 is 33.2. The zero-order valence-electron chi connectivity index (χ0n) is 23.5. The number of piperidine rings is 1. The molecule has 9 nitrogen and oxygen atoms in total. The fourth-order valence-electron chi connectivity index (χ4n) is 4.84. The second kappa shape index (κ2) is 13.2. The average molecular weight is 624 g/mol. The van der Waals surface area contributed by atoms with E-state index in [9.17, 15) is 18.0 Å². The van der Waals surface area contributed by atoms with Crippen LogP contribution in [0.15, 0.2) is 52.4 Å². The molecule has 2 heterocycles. The summed E-state index contributed by atoms with van der Waals surface area (Å²) in [5.74, 6) is 0.206. The molecule has 2 aromatic rings. The molecule has 0 aromatic heterocycles. The van der Waals surface area contributed by atoms with E-state index in [2.05, 4.69) is 10.3 Å². The molecule has 2 aliphatic rings. The molecule has 0 bridgehead atoms. The van der Waals surface area contributed by atoms with Crippen molar-refractivity contribution < 1.29 is 22.7 Å². The first-order chi connectivity index (χ1) is 19.4. The summed E-state index contributed by atoms with van der Waals surface area (Å²) in [5.41, 5.74) is 1.34. The van der Waals surface area contributed by atoms with Crippen LogP contribution in [-0.4, -0.2) is 80.2 Å². The van der Waals surface area contributed by atoms with Crippen molar-refractivity contribution in [2.24, 2.45) is 10.9 Å². The standard InChI is InChI=1S/C29H36Cl2N4O5S/c1-29(2,3)40-28(37)35-17-15-33-27(35)21-11-9-20(10-12-21)13-14-32-18-24(36)22-6-5-16-34(19-22)41(38,39)25-8-4-7-23(30)26(25)31/h4,7-12,22,32H,5-6,13-19H2,1-3H3. The molecule has 12 heteroatoms. The van der Waals surface area contributed by atoms with Gasteiger partial charge in [-0.1, -0.05) is 53.5 Å². The maximum atomic E-state index is 13.2. The van der Waals surface area contributed by atoms with E-state index in [1.165, 1.54) is 16.4 Å². The number of ketones is 1. The van der Waals surface area contributed by atoms with Crippen molar-refractivity contribution in [2.45, 2.75) is 50.5 Å². The topological polar surface area (TPSA) is 108 Å². The number of hydrogen-bond donors (Lipinski definition) is 1. The number of amidine groups is 1. The zero-order valence-corrected chi connectivity index (χ0v) is 25.9. The number of carbonyl (C=O) groups is 2. The van der Waals surface area contributed by atoms with Gasteiger partial charge in [0.1, 0.15) is 16.3 Å². The van der Waals surface area contributed by atoms with Gasteiger partial charge in [0.05, 0.1) is 29.7 Å². The Hall–Kier alpha value is -2.50. The first-order valence-corrected chi connectivity index (χ1v) is 15.9. The fraction of sp³-hybridized carbons (Fsp3) is 0.483. The van der Waals surface area contributed by atoms with Gasteiger partial charge in [0, 0.05) is 24.6 Å². The molecule has 1 amide bonds. The van der Waals surface area contributed by atoms with Crippen LogP contribution in [0, 0.1) is 5.92 Å². The van der Waals surface area contributed by atoms with E-state index in [1.807, 2.05) is 45.0 Å². The lowest BCUT2D eigenvalue weighted by Crippen LogP contribution is -2.44. The lowest BCUT2D eigenvalue weighted by Gasteiger charge is -2.31. The Kier molecular flexibility index (Phi) is 10.1. The smallest absolute Gasteiger partial charge is 0.416 e. The molecule has 0 spiro atoms. The molecular formula is C29H36Cl2N4O5S. The van der Waals surface area contributed by atoms with Crippen LogP contribution in [0.5, 0.6) is 0 Å². The van der Waals surface area contributed by atoms with Crippen molar-refractivity contribution >= 4 is 50.9 Å². The molecule has 0 aliphatic carbocycles. The molecule has 0 saturated carbocycles. The number of amides is 1. The number of sulfonamides is 1. The van der Waals surface area contributed by atoms with Gasteiger partial charge in [0.15, 0.2) is 5.78 Å². The van der Waals surface area contributed by atoms with Crippen LogP contribution in [-0.2, 0) is 26.0 Å². The summed E-state index contributed by atoms with van der Waals surface area (Å²) in [4.78, 5) is 31.5. The van der Waals surface area contributed by atoms with Gasteiger partial charge in [-0.05, 0) is 64.3 Å². The fourth-order valence-corrected chi connectivity index (χ4v) is 7.10. The predicted molar refractivity (Wildman–Crippen MR) is 160 cm³/mol. The molecule has 1 saturated heterocycles. The van der Waals surface area contributed by atoms with Gasteiger partial charge >= 0.3 is 6.09 Å². The van der Waals surface area contributed by atoms with Crippen LogP contribution in [0.25, 0.3) is 0 Å². The molecule has 1 fully saturated rings. The van der Waals surface area contributed by atoms with E-state index in [4.69, 9.17) is 27.9 Å². The van der Waals surface area contributed by atoms with Gasteiger partial charge < -0.3 is 10.1 Å². The van der Waals surface area contributed by atoms with E-state index in [-0.39, 0.29) is 39.7 Å². The third-order valence-electron chi connectivity index (χ3n) is 6.93. The minimum atomic E-state index is -3.86. The highest BCUT2D eigenvalue weighted by Crippen LogP contribution is 2.32. The van der Waals surface area contributed by atoms with Crippen molar-refractivity contribution in [3.05, 3.63) is 63.6 Å². The third kappa shape index (κ3) is 7.87. The summed E-state index contributed by atoms with van der Waals surface area (Å²) >= 11 is 12.2. The Balaban J connectivity index is 1.26. The zero-order chi connectivity index (χ0) is 29.8. The third-order valence-corrected chi connectivity index (χ3v) is 9.77. The number of ether oxygens (including phenoxy) is 1. The summed E-state index contributed by atoms with van der Waals surface area (Å²) in [7, 11) is -3.86. The number of carbonyl (C=O) groups excluding carboxylic acids is 2. The van der Waals surface area contributed by atoms with Crippen molar-refractivity contribution in [3.63, 3.8) is 0 Å². The van der Waals surface area contributed by atoms with E-state index in [0.29, 0.717) is 51.3 Å². The number of nitrogens with zero attached hydrogens (tertiary/aromatic N) is 3. The molecule has 4 rings (SSSR count). The van der Waals surface area contributed by atoms with Gasteiger partial charge in [-0.25, -0.2) is 13.2 Å². The van der Waals surface area contributed by atoms with Crippen LogP contribution in [0.1, 0.15) is 44.7 Å². The van der Waals surface area contributed by atoms with E-state index < -0.39 is 21.7 Å². The highest BCUT2D eigenvalue weighted by Gasteiger charge is 2.34. The van der Waals surface area contributed by atoms with Crippen LogP contribution >= 0.6 is 23.2 Å². The van der Waals surface area contributed by atoms with Crippen LogP contribution in [0.2, 0.25) is 10.0 Å². The van der Waals surface area contributed by atoms with Crippen LogP contribution < -0.4 is 5.32 Å². The maximum absolute atomic E-state index is 13.2. The molecule has 1 atom stereocenters. The second-order valence-electron chi connectivity index (χ2n) is 11.2. The molecule has 2 aromatic carbocycles. The monoisotopic (exact) mass is 622 g/mol. The number of hydrogen-bond acceptors (Lipinski definition) is 7. The Labute approximate surface area is 251 Å². The summed E-state index contributed by atoms with van der Waals surface area (Å²) in [6, 6.07) is 12.4. The Morgan fingerprint density at radius 2 is 1.83 bits per heavy atom. The normalized spacial score (nSPS) is 18.3. The van der Waals surface area contributed by atoms with Gasteiger partial charge in [-0.2, -0.15) is 4.31 Å². The number of Topliss-reactive ketones (excluding diaryl/α,β-unsaturated/α-hetero) is 1. The molecular weight excluding hydrogens is 587 g/mol. The van der Waals surface area contributed by atoms with Crippen molar-refractivity contribution in [2.75, 3.05) is 39.3 Å². The van der Waals surface area contributed by atoms with Gasteiger partial charge in [0.2, 0.25) is 10.0 Å². The number of halogens is 2. The van der Waals surface area contributed by atoms with Crippen molar-refractivity contribution in [1.29, 1.82) is 0 Å². The summed E-state index contributed by atoms with van der Waals surface area (Å²) in [6.07, 6.45) is 1.53. The summed E-state index contributed by atoms with van der Waals surface area (Å²) in [6.45, 7) is 7.73. The van der Waals surface area contributed by atoms with Crippen molar-refractivity contribution in [1.82, 2.24) is 14.5 Å². The molecule has 2 aliphatic heterocycles. The number of rotatable bonds is 9. The number of nitrogens with one attached hydrogen (secondary N) is 1.